The van der Waals surface area contributed by atoms with Crippen molar-refractivity contribution in [2.24, 2.45) is 5.73 Å². The predicted octanol–water partition coefficient (Wildman–Crippen LogP) is 2.61. The molecule has 0 heterocycles. The standard InChI is InChI=1S/C15H16FN3O/c16-13-6-3-7-14(8-13)19-15(20)18-10-12-5-2-1-4-11(12)9-17/h1-8H,9-10,17H2,(H2,18,19,20). The van der Waals surface area contributed by atoms with E-state index in [4.69, 9.17) is 5.73 Å². The Hall–Kier alpha value is -2.40. The molecule has 0 aromatic heterocycles. The maximum Gasteiger partial charge on any atom is 0.319 e. The summed E-state index contributed by atoms with van der Waals surface area (Å²) in [5.41, 5.74) is 7.99. The number of nitrogens with one attached hydrogen (secondary N) is 2. The van der Waals surface area contributed by atoms with Crippen molar-refractivity contribution in [1.82, 2.24) is 5.32 Å². The van der Waals surface area contributed by atoms with Crippen molar-refractivity contribution in [2.75, 3.05) is 5.32 Å². The second-order valence-electron chi connectivity index (χ2n) is 4.29. The highest BCUT2D eigenvalue weighted by molar-refractivity contribution is 5.89. The molecular formula is C15H16FN3O. The second-order valence-corrected chi connectivity index (χ2v) is 4.29. The van der Waals surface area contributed by atoms with Crippen molar-refractivity contribution in [2.45, 2.75) is 13.1 Å². The number of urea groups is 1. The van der Waals surface area contributed by atoms with Gasteiger partial charge < -0.3 is 16.4 Å². The molecule has 0 spiro atoms. The molecule has 20 heavy (non-hydrogen) atoms. The van der Waals surface area contributed by atoms with Crippen LogP contribution in [0.1, 0.15) is 11.1 Å². The van der Waals surface area contributed by atoms with Crippen LogP contribution in [0.25, 0.3) is 0 Å². The molecule has 4 nitrogen and oxygen atoms in total. The topological polar surface area (TPSA) is 67.1 Å². The van der Waals surface area contributed by atoms with Gasteiger partial charge in [0.25, 0.3) is 0 Å². The average Bonchev–Trinajstić information content (AvgIpc) is 2.45. The Kier molecular flexibility index (Phi) is 4.68. The second kappa shape index (κ2) is 6.68. The quantitative estimate of drug-likeness (QED) is 0.801. The third kappa shape index (κ3) is 3.80. The molecule has 0 saturated heterocycles. The maximum atomic E-state index is 13.0. The van der Waals surface area contributed by atoms with Gasteiger partial charge in [-0.1, -0.05) is 30.3 Å². The lowest BCUT2D eigenvalue weighted by molar-refractivity contribution is 0.251. The lowest BCUT2D eigenvalue weighted by Crippen LogP contribution is -2.28. The molecule has 0 fully saturated rings. The fourth-order valence-corrected chi connectivity index (χ4v) is 1.85. The fraction of sp³-hybridized carbons (Fsp3) is 0.133. The van der Waals surface area contributed by atoms with E-state index in [1.807, 2.05) is 24.3 Å². The maximum absolute atomic E-state index is 13.0. The summed E-state index contributed by atoms with van der Waals surface area (Å²) in [5, 5.41) is 5.28. The average molecular weight is 273 g/mol. The molecule has 104 valence electrons. The van der Waals surface area contributed by atoms with Gasteiger partial charge in [-0.2, -0.15) is 0 Å². The molecule has 0 atom stereocenters. The summed E-state index contributed by atoms with van der Waals surface area (Å²) in [4.78, 5) is 11.7. The van der Waals surface area contributed by atoms with E-state index in [0.717, 1.165) is 11.1 Å². The van der Waals surface area contributed by atoms with Crippen LogP contribution in [0.4, 0.5) is 14.9 Å². The van der Waals surface area contributed by atoms with Gasteiger partial charge >= 0.3 is 6.03 Å². The number of rotatable bonds is 4. The normalized spacial score (nSPS) is 10.1. The van der Waals surface area contributed by atoms with E-state index in [1.165, 1.54) is 18.2 Å². The lowest BCUT2D eigenvalue weighted by Gasteiger charge is -2.10. The minimum absolute atomic E-state index is 0.370. The Balaban J connectivity index is 1.92. The minimum Gasteiger partial charge on any atom is -0.334 e. The van der Waals surface area contributed by atoms with Gasteiger partial charge in [-0.15, -0.1) is 0 Å². The van der Waals surface area contributed by atoms with Crippen molar-refractivity contribution in [1.29, 1.82) is 0 Å². The first-order valence-corrected chi connectivity index (χ1v) is 6.26. The largest absolute Gasteiger partial charge is 0.334 e. The number of carbonyl (C=O) groups is 1. The van der Waals surface area contributed by atoms with Crippen LogP contribution in [-0.4, -0.2) is 6.03 Å². The van der Waals surface area contributed by atoms with Gasteiger partial charge in [-0.3, -0.25) is 0 Å². The molecule has 0 aliphatic carbocycles. The van der Waals surface area contributed by atoms with E-state index in [1.54, 1.807) is 6.07 Å². The summed E-state index contributed by atoms with van der Waals surface area (Å²) in [7, 11) is 0. The molecule has 4 N–H and O–H groups in total. The van der Waals surface area contributed by atoms with Gasteiger partial charge in [-0.05, 0) is 29.3 Å². The fourth-order valence-electron chi connectivity index (χ4n) is 1.85. The molecule has 2 amide bonds. The van der Waals surface area contributed by atoms with Crippen molar-refractivity contribution < 1.29 is 9.18 Å². The zero-order chi connectivity index (χ0) is 14.4. The molecule has 0 unspecified atom stereocenters. The van der Waals surface area contributed by atoms with Crippen LogP contribution in [0.5, 0.6) is 0 Å². The highest BCUT2D eigenvalue weighted by Crippen LogP contribution is 2.10. The number of amides is 2. The number of anilines is 1. The van der Waals surface area contributed by atoms with Crippen molar-refractivity contribution in [3.63, 3.8) is 0 Å². The van der Waals surface area contributed by atoms with E-state index in [0.29, 0.717) is 18.8 Å². The van der Waals surface area contributed by atoms with Crippen LogP contribution in [0.3, 0.4) is 0 Å². The Morgan fingerprint density at radius 2 is 1.85 bits per heavy atom. The number of halogens is 1. The molecule has 0 saturated carbocycles. The number of hydrogen-bond donors (Lipinski definition) is 3. The molecule has 2 aromatic carbocycles. The molecule has 0 radical (unpaired) electrons. The summed E-state index contributed by atoms with van der Waals surface area (Å²) < 4.78 is 13.0. The molecule has 5 heteroatoms. The lowest BCUT2D eigenvalue weighted by atomic mass is 10.1. The minimum atomic E-state index is -0.392. The van der Waals surface area contributed by atoms with Gasteiger partial charge in [0.2, 0.25) is 0 Å². The van der Waals surface area contributed by atoms with Crippen LogP contribution < -0.4 is 16.4 Å². The van der Waals surface area contributed by atoms with Crippen LogP contribution in [0, 0.1) is 5.82 Å². The molecule has 2 aromatic rings. The summed E-state index contributed by atoms with van der Waals surface area (Å²) in [5.74, 6) is -0.392. The highest BCUT2D eigenvalue weighted by Gasteiger charge is 2.04. The number of nitrogens with two attached hydrogens (primary N) is 1. The molecule has 0 bridgehead atoms. The molecular weight excluding hydrogens is 257 g/mol. The van der Waals surface area contributed by atoms with Gasteiger partial charge in [0.15, 0.2) is 0 Å². The van der Waals surface area contributed by atoms with E-state index in [-0.39, 0.29) is 6.03 Å². The highest BCUT2D eigenvalue weighted by atomic mass is 19.1. The van der Waals surface area contributed by atoms with Gasteiger partial charge in [0.1, 0.15) is 5.82 Å². The van der Waals surface area contributed by atoms with E-state index in [9.17, 15) is 9.18 Å². The molecule has 0 aliphatic heterocycles. The van der Waals surface area contributed by atoms with Gasteiger partial charge in [-0.25, -0.2) is 9.18 Å². The van der Waals surface area contributed by atoms with Crippen molar-refractivity contribution >= 4 is 11.7 Å². The number of benzene rings is 2. The first kappa shape index (κ1) is 14.0. The summed E-state index contributed by atoms with van der Waals surface area (Å²) in [6, 6.07) is 13.0. The third-order valence-electron chi connectivity index (χ3n) is 2.86. The van der Waals surface area contributed by atoms with E-state index in [2.05, 4.69) is 10.6 Å². The van der Waals surface area contributed by atoms with Gasteiger partial charge in [0.05, 0.1) is 0 Å². The summed E-state index contributed by atoms with van der Waals surface area (Å²) in [6.45, 7) is 0.790. The zero-order valence-corrected chi connectivity index (χ0v) is 10.9. The van der Waals surface area contributed by atoms with Crippen molar-refractivity contribution in [3.05, 3.63) is 65.5 Å². The first-order chi connectivity index (χ1) is 9.69. The molecule has 2 rings (SSSR count). The van der Waals surface area contributed by atoms with Crippen LogP contribution in [0.15, 0.2) is 48.5 Å². The van der Waals surface area contributed by atoms with Crippen LogP contribution in [-0.2, 0) is 13.1 Å². The Bertz CT molecular complexity index is 601. The summed E-state index contributed by atoms with van der Waals surface area (Å²) in [6.07, 6.45) is 0. The Morgan fingerprint density at radius 1 is 1.10 bits per heavy atom. The number of carbonyl (C=O) groups excluding carboxylic acids is 1. The zero-order valence-electron chi connectivity index (χ0n) is 10.9. The number of hydrogen-bond acceptors (Lipinski definition) is 2. The first-order valence-electron chi connectivity index (χ1n) is 6.26. The third-order valence-corrected chi connectivity index (χ3v) is 2.86. The van der Waals surface area contributed by atoms with Crippen LogP contribution >= 0.6 is 0 Å². The van der Waals surface area contributed by atoms with Gasteiger partial charge in [0, 0.05) is 18.8 Å². The van der Waals surface area contributed by atoms with E-state index >= 15 is 0 Å². The summed E-state index contributed by atoms with van der Waals surface area (Å²) >= 11 is 0. The van der Waals surface area contributed by atoms with Crippen LogP contribution in [0.2, 0.25) is 0 Å². The smallest absolute Gasteiger partial charge is 0.319 e. The Labute approximate surface area is 116 Å². The monoisotopic (exact) mass is 273 g/mol. The Morgan fingerprint density at radius 3 is 2.55 bits per heavy atom. The van der Waals surface area contributed by atoms with E-state index < -0.39 is 5.82 Å². The predicted molar refractivity (Wildman–Crippen MR) is 76.6 cm³/mol. The van der Waals surface area contributed by atoms with Crippen molar-refractivity contribution in [3.8, 4) is 0 Å². The SMILES string of the molecule is NCc1ccccc1CNC(=O)Nc1cccc(F)c1. The molecule has 0 aliphatic rings.